The minimum atomic E-state index is -0.398. The van der Waals surface area contributed by atoms with Crippen LogP contribution in [0, 0.1) is 6.92 Å². The molecule has 0 spiro atoms. The highest BCUT2D eigenvalue weighted by molar-refractivity contribution is 6.36. The van der Waals surface area contributed by atoms with Gasteiger partial charge in [0.2, 0.25) is 0 Å². The summed E-state index contributed by atoms with van der Waals surface area (Å²) in [5, 5.41) is 11.3. The first kappa shape index (κ1) is 13.6. The Balaban J connectivity index is 2.02. The zero-order valence-electron chi connectivity index (χ0n) is 9.95. The van der Waals surface area contributed by atoms with Crippen molar-refractivity contribution in [2.24, 2.45) is 5.10 Å². The summed E-state index contributed by atoms with van der Waals surface area (Å²) < 4.78 is 0. The minimum absolute atomic E-state index is 0.275. The maximum absolute atomic E-state index is 11.6. The van der Waals surface area contributed by atoms with Crippen molar-refractivity contribution in [3.8, 4) is 0 Å². The van der Waals surface area contributed by atoms with E-state index in [4.69, 9.17) is 23.2 Å². The third-order valence-electron chi connectivity index (χ3n) is 2.27. The first-order valence-corrected chi connectivity index (χ1v) is 6.12. The average molecular weight is 297 g/mol. The van der Waals surface area contributed by atoms with Crippen molar-refractivity contribution < 1.29 is 4.79 Å². The second-order valence-electron chi connectivity index (χ2n) is 3.80. The number of nitrogens with zero attached hydrogens (tertiary/aromatic N) is 2. The van der Waals surface area contributed by atoms with Crippen LogP contribution in [-0.2, 0) is 0 Å². The summed E-state index contributed by atoms with van der Waals surface area (Å²) >= 11 is 11.7. The fourth-order valence-electron chi connectivity index (χ4n) is 1.36. The number of carbonyl (C=O) groups is 1. The molecule has 0 aliphatic heterocycles. The van der Waals surface area contributed by atoms with Crippen LogP contribution in [0.3, 0.4) is 0 Å². The quantitative estimate of drug-likeness (QED) is 0.675. The first-order valence-electron chi connectivity index (χ1n) is 5.37. The number of aryl methyl sites for hydroxylation is 1. The maximum atomic E-state index is 11.6. The van der Waals surface area contributed by atoms with Crippen LogP contribution in [0.1, 0.15) is 21.7 Å². The Hall–Kier alpha value is -1.85. The Morgan fingerprint density at radius 1 is 1.42 bits per heavy atom. The monoisotopic (exact) mass is 296 g/mol. The summed E-state index contributed by atoms with van der Waals surface area (Å²) in [7, 11) is 0. The van der Waals surface area contributed by atoms with Crippen molar-refractivity contribution >= 4 is 35.3 Å². The van der Waals surface area contributed by atoms with E-state index in [1.54, 1.807) is 31.2 Å². The molecule has 1 aromatic carbocycles. The number of hydrazone groups is 1. The van der Waals surface area contributed by atoms with Gasteiger partial charge in [-0.3, -0.25) is 9.89 Å². The summed E-state index contributed by atoms with van der Waals surface area (Å²) in [5.41, 5.74) is 4.09. The molecule has 0 saturated heterocycles. The molecule has 0 radical (unpaired) electrons. The van der Waals surface area contributed by atoms with Gasteiger partial charge < -0.3 is 0 Å². The molecule has 1 amide bonds. The molecule has 0 unspecified atom stereocenters. The van der Waals surface area contributed by atoms with E-state index in [2.05, 4.69) is 20.7 Å². The molecule has 2 N–H and O–H groups in total. The lowest BCUT2D eigenvalue weighted by Crippen LogP contribution is -2.18. The highest BCUT2D eigenvalue weighted by Gasteiger charge is 2.07. The third-order valence-corrected chi connectivity index (χ3v) is 2.83. The predicted molar refractivity (Wildman–Crippen MR) is 74.8 cm³/mol. The number of aromatic amines is 1. The molecule has 0 aliphatic rings. The van der Waals surface area contributed by atoms with Crippen LogP contribution in [-0.4, -0.2) is 22.3 Å². The van der Waals surface area contributed by atoms with Gasteiger partial charge in [-0.05, 0) is 25.1 Å². The van der Waals surface area contributed by atoms with E-state index in [1.165, 1.54) is 6.21 Å². The SMILES string of the molecule is Cc1cc(C(=O)N/N=C\c2ccc(Cl)cc2Cl)n[nH]1. The van der Waals surface area contributed by atoms with Gasteiger partial charge in [-0.2, -0.15) is 10.2 Å². The number of rotatable bonds is 3. The fraction of sp³-hybridized carbons (Fsp3) is 0.0833. The van der Waals surface area contributed by atoms with Crippen molar-refractivity contribution in [3.63, 3.8) is 0 Å². The smallest absolute Gasteiger partial charge is 0.282 e. The molecule has 0 atom stereocenters. The van der Waals surface area contributed by atoms with Crippen LogP contribution in [0.25, 0.3) is 0 Å². The Bertz CT molecular complexity index is 636. The molecular formula is C12H10Cl2N4O. The highest BCUT2D eigenvalue weighted by Crippen LogP contribution is 2.19. The van der Waals surface area contributed by atoms with Crippen molar-refractivity contribution in [1.29, 1.82) is 0 Å². The predicted octanol–water partition coefficient (Wildman–Crippen LogP) is 2.79. The number of amides is 1. The molecular weight excluding hydrogens is 287 g/mol. The molecule has 7 heteroatoms. The highest BCUT2D eigenvalue weighted by atomic mass is 35.5. The summed E-state index contributed by atoms with van der Waals surface area (Å²) in [4.78, 5) is 11.6. The van der Waals surface area contributed by atoms with E-state index in [0.717, 1.165) is 5.69 Å². The number of H-pyrrole nitrogens is 1. The molecule has 0 aliphatic carbocycles. The van der Waals surface area contributed by atoms with Crippen molar-refractivity contribution in [3.05, 3.63) is 51.3 Å². The van der Waals surface area contributed by atoms with E-state index in [1.807, 2.05) is 0 Å². The third kappa shape index (κ3) is 3.56. The van der Waals surface area contributed by atoms with Gasteiger partial charge in [0.25, 0.3) is 5.91 Å². The van der Waals surface area contributed by atoms with Crippen molar-refractivity contribution in [2.75, 3.05) is 0 Å². The van der Waals surface area contributed by atoms with Gasteiger partial charge in [0, 0.05) is 16.3 Å². The Labute approximate surface area is 119 Å². The number of carbonyl (C=O) groups excluding carboxylic acids is 1. The van der Waals surface area contributed by atoms with Gasteiger partial charge in [0.1, 0.15) is 0 Å². The number of hydrogen-bond acceptors (Lipinski definition) is 3. The minimum Gasteiger partial charge on any atom is -0.282 e. The normalized spacial score (nSPS) is 10.9. The lowest BCUT2D eigenvalue weighted by molar-refractivity contribution is 0.0950. The van der Waals surface area contributed by atoms with Crippen molar-refractivity contribution in [1.82, 2.24) is 15.6 Å². The second kappa shape index (κ2) is 5.86. The van der Waals surface area contributed by atoms with Crippen LogP contribution in [0.5, 0.6) is 0 Å². The van der Waals surface area contributed by atoms with Crippen LogP contribution < -0.4 is 5.43 Å². The summed E-state index contributed by atoms with van der Waals surface area (Å²) in [6.45, 7) is 1.81. The number of nitrogens with one attached hydrogen (secondary N) is 2. The topological polar surface area (TPSA) is 70.1 Å². The number of benzene rings is 1. The molecule has 1 heterocycles. The Kier molecular flexibility index (Phi) is 4.19. The van der Waals surface area contributed by atoms with Gasteiger partial charge in [0.05, 0.1) is 11.2 Å². The van der Waals surface area contributed by atoms with Gasteiger partial charge in [-0.15, -0.1) is 0 Å². The van der Waals surface area contributed by atoms with Crippen LogP contribution in [0.15, 0.2) is 29.4 Å². The maximum Gasteiger partial charge on any atom is 0.291 e. The Morgan fingerprint density at radius 3 is 2.84 bits per heavy atom. The summed E-state index contributed by atoms with van der Waals surface area (Å²) in [5.74, 6) is -0.398. The lowest BCUT2D eigenvalue weighted by Gasteiger charge is -1.98. The molecule has 1 aromatic heterocycles. The molecule has 5 nitrogen and oxygen atoms in total. The van der Waals surface area contributed by atoms with E-state index in [0.29, 0.717) is 15.6 Å². The number of aromatic nitrogens is 2. The average Bonchev–Trinajstić information content (AvgIpc) is 2.78. The summed E-state index contributed by atoms with van der Waals surface area (Å²) in [6, 6.07) is 6.62. The molecule has 2 aromatic rings. The van der Waals surface area contributed by atoms with Crippen LogP contribution in [0.4, 0.5) is 0 Å². The molecule has 19 heavy (non-hydrogen) atoms. The van der Waals surface area contributed by atoms with Crippen LogP contribution in [0.2, 0.25) is 10.0 Å². The van der Waals surface area contributed by atoms with Gasteiger partial charge >= 0.3 is 0 Å². The molecule has 0 bridgehead atoms. The molecule has 0 saturated carbocycles. The zero-order chi connectivity index (χ0) is 13.8. The zero-order valence-corrected chi connectivity index (χ0v) is 11.5. The largest absolute Gasteiger partial charge is 0.291 e. The van der Waals surface area contributed by atoms with E-state index < -0.39 is 5.91 Å². The summed E-state index contributed by atoms with van der Waals surface area (Å²) in [6.07, 6.45) is 1.44. The molecule has 98 valence electrons. The first-order chi connectivity index (χ1) is 9.06. The number of halogens is 2. The molecule has 2 rings (SSSR count). The lowest BCUT2D eigenvalue weighted by atomic mass is 10.2. The number of hydrogen-bond donors (Lipinski definition) is 2. The second-order valence-corrected chi connectivity index (χ2v) is 4.64. The van der Waals surface area contributed by atoms with Gasteiger partial charge in [-0.1, -0.05) is 29.3 Å². The fourth-order valence-corrected chi connectivity index (χ4v) is 1.82. The van der Waals surface area contributed by atoms with E-state index in [-0.39, 0.29) is 5.69 Å². The van der Waals surface area contributed by atoms with Crippen molar-refractivity contribution in [2.45, 2.75) is 6.92 Å². The van der Waals surface area contributed by atoms with Gasteiger partial charge in [0.15, 0.2) is 5.69 Å². The Morgan fingerprint density at radius 2 is 2.21 bits per heavy atom. The van der Waals surface area contributed by atoms with Crippen LogP contribution >= 0.6 is 23.2 Å². The standard InChI is InChI=1S/C12H10Cl2N4O/c1-7-4-11(17-16-7)12(19)18-15-6-8-2-3-9(13)5-10(8)14/h2-6H,1H3,(H,16,17)(H,18,19)/b15-6-. The van der Waals surface area contributed by atoms with E-state index in [9.17, 15) is 4.79 Å². The van der Waals surface area contributed by atoms with Gasteiger partial charge in [-0.25, -0.2) is 5.43 Å². The van der Waals surface area contributed by atoms with E-state index >= 15 is 0 Å². The molecule has 0 fully saturated rings.